The van der Waals surface area contributed by atoms with Crippen molar-refractivity contribution in [2.75, 3.05) is 7.11 Å². The van der Waals surface area contributed by atoms with Crippen LogP contribution in [0.4, 0.5) is 0 Å². The molecule has 0 saturated heterocycles. The Morgan fingerprint density at radius 3 is 2.35 bits per heavy atom. The molecule has 4 nitrogen and oxygen atoms in total. The number of nitrogens with zero attached hydrogens (tertiary/aromatic N) is 3. The summed E-state index contributed by atoms with van der Waals surface area (Å²) in [4.78, 5) is 9.82. The van der Waals surface area contributed by atoms with E-state index in [1.807, 2.05) is 48.5 Å². The predicted octanol–water partition coefficient (Wildman–Crippen LogP) is 4.79. The van der Waals surface area contributed by atoms with Gasteiger partial charge in [-0.05, 0) is 24.3 Å². The van der Waals surface area contributed by atoms with Gasteiger partial charge in [-0.3, -0.25) is 0 Å². The number of para-hydroxylation sites is 4. The summed E-state index contributed by atoms with van der Waals surface area (Å²) in [6.07, 6.45) is 0. The average molecular weight is 339 g/mol. The van der Waals surface area contributed by atoms with Crippen LogP contribution in [0.3, 0.4) is 0 Å². The molecule has 4 heteroatoms. The largest absolute Gasteiger partial charge is 0.496 e. The highest BCUT2D eigenvalue weighted by Crippen LogP contribution is 2.30. The molecule has 0 saturated carbocycles. The van der Waals surface area contributed by atoms with Gasteiger partial charge in [-0.1, -0.05) is 48.5 Å². The number of ether oxygens (including phenoxy) is 1. The molecule has 0 aliphatic heterocycles. The average Bonchev–Trinajstić information content (AvgIpc) is 3.00. The zero-order chi connectivity index (χ0) is 17.5. The number of rotatable bonds is 3. The minimum absolute atomic E-state index is 0.682. The highest BCUT2D eigenvalue weighted by molar-refractivity contribution is 6.06. The molecule has 0 N–H and O–H groups in total. The quantitative estimate of drug-likeness (QED) is 0.474. The lowest BCUT2D eigenvalue weighted by Gasteiger charge is -2.11. The summed E-state index contributed by atoms with van der Waals surface area (Å²) in [5.41, 5.74) is 5.91. The van der Waals surface area contributed by atoms with Gasteiger partial charge in [0.1, 0.15) is 11.3 Å². The summed E-state index contributed by atoms with van der Waals surface area (Å²) in [6, 6.07) is 24.4. The number of aromatic nitrogens is 3. The Balaban J connectivity index is 1.83. The topological polar surface area (TPSA) is 39.9 Å². The highest BCUT2D eigenvalue weighted by Gasteiger charge is 2.15. The van der Waals surface area contributed by atoms with Crippen molar-refractivity contribution in [3.05, 3.63) is 78.4 Å². The summed E-state index contributed by atoms with van der Waals surface area (Å²) in [7, 11) is 1.71. The molecule has 0 spiro atoms. The van der Waals surface area contributed by atoms with E-state index < -0.39 is 0 Å². The second-order valence-electron chi connectivity index (χ2n) is 6.30. The van der Waals surface area contributed by atoms with E-state index in [2.05, 4.69) is 28.8 Å². The van der Waals surface area contributed by atoms with E-state index in [4.69, 9.17) is 14.7 Å². The van der Waals surface area contributed by atoms with Crippen molar-refractivity contribution < 1.29 is 4.74 Å². The van der Waals surface area contributed by atoms with Gasteiger partial charge < -0.3 is 9.30 Å². The number of hydrogen-bond acceptors (Lipinski definition) is 3. The van der Waals surface area contributed by atoms with Gasteiger partial charge in [0.25, 0.3) is 0 Å². The molecule has 0 fully saturated rings. The third-order valence-electron chi connectivity index (χ3n) is 4.78. The van der Waals surface area contributed by atoms with Crippen molar-refractivity contribution in [3.8, 4) is 5.75 Å². The lowest BCUT2D eigenvalue weighted by Crippen LogP contribution is -2.03. The van der Waals surface area contributed by atoms with Gasteiger partial charge >= 0.3 is 0 Å². The molecule has 5 rings (SSSR count). The van der Waals surface area contributed by atoms with Crippen LogP contribution < -0.4 is 4.74 Å². The van der Waals surface area contributed by atoms with Crippen LogP contribution in [-0.4, -0.2) is 21.6 Å². The molecule has 0 aliphatic rings. The Hall–Kier alpha value is -3.40. The second kappa shape index (κ2) is 5.85. The first kappa shape index (κ1) is 14.9. The van der Waals surface area contributed by atoms with Gasteiger partial charge in [-0.2, -0.15) is 0 Å². The van der Waals surface area contributed by atoms with Crippen molar-refractivity contribution in [1.82, 2.24) is 14.5 Å². The van der Waals surface area contributed by atoms with Crippen LogP contribution in [0.15, 0.2) is 72.8 Å². The first-order valence-electron chi connectivity index (χ1n) is 8.61. The molecule has 2 heterocycles. The fraction of sp³-hybridized carbons (Fsp3) is 0.0909. The molecular formula is C22H17N3O. The molecular weight excluding hydrogens is 322 g/mol. The normalized spacial score (nSPS) is 11.4. The van der Waals surface area contributed by atoms with Crippen molar-refractivity contribution in [3.63, 3.8) is 0 Å². The molecule has 0 aliphatic carbocycles. The lowest BCUT2D eigenvalue weighted by atomic mass is 10.2. The van der Waals surface area contributed by atoms with Gasteiger partial charge in [0.15, 0.2) is 5.65 Å². The summed E-state index contributed by atoms with van der Waals surface area (Å²) in [5.74, 6) is 0.882. The van der Waals surface area contributed by atoms with Gasteiger partial charge in [0.05, 0.1) is 30.2 Å². The molecule has 0 atom stereocenters. The van der Waals surface area contributed by atoms with Crippen molar-refractivity contribution in [2.45, 2.75) is 6.54 Å². The lowest BCUT2D eigenvalue weighted by molar-refractivity contribution is 0.409. The second-order valence-corrected chi connectivity index (χ2v) is 6.30. The smallest absolute Gasteiger partial charge is 0.160 e. The summed E-state index contributed by atoms with van der Waals surface area (Å²) < 4.78 is 7.76. The van der Waals surface area contributed by atoms with Crippen LogP contribution in [-0.2, 0) is 6.54 Å². The standard InChI is InChI=1S/C22H17N3O/c1-26-20-13-7-2-8-15(20)14-25-19-12-6-3-9-16(19)21-22(25)24-18-11-5-4-10-17(18)23-21/h2-13H,14H2,1H3. The number of fused-ring (bicyclic) bond motifs is 4. The van der Waals surface area contributed by atoms with Gasteiger partial charge in [0.2, 0.25) is 0 Å². The molecule has 0 radical (unpaired) electrons. The van der Waals surface area contributed by atoms with E-state index in [1.54, 1.807) is 7.11 Å². The van der Waals surface area contributed by atoms with E-state index in [1.165, 1.54) is 0 Å². The third-order valence-corrected chi connectivity index (χ3v) is 4.78. The summed E-state index contributed by atoms with van der Waals surface area (Å²) in [5, 5.41) is 1.12. The number of benzene rings is 3. The Bertz CT molecular complexity index is 1260. The van der Waals surface area contributed by atoms with Crippen molar-refractivity contribution in [1.29, 1.82) is 0 Å². The summed E-state index contributed by atoms with van der Waals surface area (Å²) >= 11 is 0. The van der Waals surface area contributed by atoms with Crippen LogP contribution in [0.5, 0.6) is 5.75 Å². The SMILES string of the molecule is COc1ccccc1Cn1c2ccccc2c2nc3ccccc3nc21. The Labute approximate surface area is 150 Å². The maximum atomic E-state index is 5.54. The Kier molecular flexibility index (Phi) is 3.35. The summed E-state index contributed by atoms with van der Waals surface area (Å²) in [6.45, 7) is 0.682. The minimum atomic E-state index is 0.682. The van der Waals surface area contributed by atoms with Crippen molar-refractivity contribution in [2.24, 2.45) is 0 Å². The van der Waals surface area contributed by atoms with Crippen molar-refractivity contribution >= 4 is 33.1 Å². The first-order valence-corrected chi connectivity index (χ1v) is 8.61. The van der Waals surface area contributed by atoms with Gasteiger partial charge in [-0.25, -0.2) is 9.97 Å². The fourth-order valence-electron chi connectivity index (χ4n) is 3.55. The van der Waals surface area contributed by atoms with E-state index in [0.29, 0.717) is 6.54 Å². The Morgan fingerprint density at radius 1 is 0.808 bits per heavy atom. The molecule has 0 amide bonds. The van der Waals surface area contributed by atoms with Crippen LogP contribution in [0.2, 0.25) is 0 Å². The number of hydrogen-bond donors (Lipinski definition) is 0. The predicted molar refractivity (Wildman–Crippen MR) is 105 cm³/mol. The Morgan fingerprint density at radius 2 is 1.50 bits per heavy atom. The third kappa shape index (κ3) is 2.23. The van der Waals surface area contributed by atoms with Crippen LogP contribution in [0.25, 0.3) is 33.1 Å². The maximum absolute atomic E-state index is 5.54. The molecule has 26 heavy (non-hydrogen) atoms. The highest BCUT2D eigenvalue weighted by atomic mass is 16.5. The molecule has 0 unspecified atom stereocenters. The molecule has 3 aromatic carbocycles. The maximum Gasteiger partial charge on any atom is 0.160 e. The van der Waals surface area contributed by atoms with E-state index in [-0.39, 0.29) is 0 Å². The van der Waals surface area contributed by atoms with Crippen LogP contribution >= 0.6 is 0 Å². The van der Waals surface area contributed by atoms with E-state index in [9.17, 15) is 0 Å². The minimum Gasteiger partial charge on any atom is -0.496 e. The van der Waals surface area contributed by atoms with Gasteiger partial charge in [-0.15, -0.1) is 0 Å². The molecule has 126 valence electrons. The zero-order valence-electron chi connectivity index (χ0n) is 14.4. The van der Waals surface area contributed by atoms with Crippen LogP contribution in [0, 0.1) is 0 Å². The van der Waals surface area contributed by atoms with E-state index in [0.717, 1.165) is 44.4 Å². The number of methoxy groups -OCH3 is 1. The first-order chi connectivity index (χ1) is 12.8. The zero-order valence-corrected chi connectivity index (χ0v) is 14.4. The monoisotopic (exact) mass is 339 g/mol. The fourth-order valence-corrected chi connectivity index (χ4v) is 3.55. The molecule has 5 aromatic rings. The van der Waals surface area contributed by atoms with E-state index >= 15 is 0 Å². The molecule has 0 bridgehead atoms. The van der Waals surface area contributed by atoms with Gasteiger partial charge in [0, 0.05) is 10.9 Å². The van der Waals surface area contributed by atoms with Crippen LogP contribution in [0.1, 0.15) is 5.56 Å². The molecule has 2 aromatic heterocycles.